The number of methoxy groups -OCH3 is 1. The minimum Gasteiger partial charge on any atom is -0.375 e. The second-order valence-electron chi connectivity index (χ2n) is 4.04. The lowest BCUT2D eigenvalue weighted by molar-refractivity contribution is -0.125. The Bertz CT molecular complexity index is 392. The summed E-state index contributed by atoms with van der Waals surface area (Å²) < 4.78 is 4.77. The van der Waals surface area contributed by atoms with Crippen molar-refractivity contribution < 1.29 is 9.53 Å². The smallest absolute Gasteiger partial charge is 0.246 e. The van der Waals surface area contributed by atoms with E-state index in [1.54, 1.807) is 0 Å². The molecule has 0 bridgehead atoms. The van der Waals surface area contributed by atoms with Crippen molar-refractivity contribution in [3.05, 3.63) is 35.4 Å². The van der Waals surface area contributed by atoms with Crippen LogP contribution in [-0.4, -0.2) is 25.7 Å². The van der Waals surface area contributed by atoms with E-state index in [1.807, 2.05) is 18.2 Å². The van der Waals surface area contributed by atoms with Gasteiger partial charge in [-0.1, -0.05) is 24.3 Å². The van der Waals surface area contributed by atoms with Crippen molar-refractivity contribution in [2.75, 3.05) is 13.7 Å². The minimum atomic E-state index is -0.115. The first-order valence-electron chi connectivity index (χ1n) is 5.34. The van der Waals surface area contributed by atoms with Gasteiger partial charge in [0.2, 0.25) is 5.91 Å². The van der Waals surface area contributed by atoms with E-state index in [0.717, 1.165) is 12.0 Å². The van der Waals surface area contributed by atoms with Gasteiger partial charge in [0.15, 0.2) is 0 Å². The topological polar surface area (TPSA) is 64.3 Å². The molecule has 0 saturated heterocycles. The van der Waals surface area contributed by atoms with Crippen LogP contribution in [0, 0.1) is 0 Å². The number of ether oxygens (including phenoxy) is 1. The van der Waals surface area contributed by atoms with Crippen LogP contribution >= 0.6 is 0 Å². The Morgan fingerprint density at radius 1 is 1.56 bits per heavy atom. The van der Waals surface area contributed by atoms with E-state index in [1.165, 1.54) is 12.7 Å². The summed E-state index contributed by atoms with van der Waals surface area (Å²) in [6.45, 7) is 0.0829. The molecule has 1 amide bonds. The lowest BCUT2D eigenvalue weighted by atomic mass is 10.1. The number of fused-ring (bicyclic) bond motifs is 1. The van der Waals surface area contributed by atoms with E-state index < -0.39 is 0 Å². The van der Waals surface area contributed by atoms with E-state index in [-0.39, 0.29) is 24.6 Å². The molecule has 86 valence electrons. The van der Waals surface area contributed by atoms with Crippen LogP contribution in [0.3, 0.4) is 0 Å². The van der Waals surface area contributed by atoms with Crippen molar-refractivity contribution in [3.63, 3.8) is 0 Å². The van der Waals surface area contributed by atoms with Crippen LogP contribution in [0.5, 0.6) is 0 Å². The van der Waals surface area contributed by atoms with Crippen LogP contribution in [0.1, 0.15) is 17.2 Å². The molecule has 0 radical (unpaired) electrons. The van der Waals surface area contributed by atoms with Crippen LogP contribution < -0.4 is 11.1 Å². The highest BCUT2D eigenvalue weighted by atomic mass is 16.5. The molecule has 0 unspecified atom stereocenters. The molecule has 0 spiro atoms. The maximum atomic E-state index is 11.4. The highest BCUT2D eigenvalue weighted by Crippen LogP contribution is 2.29. The molecule has 1 aromatic rings. The molecule has 0 aromatic heterocycles. The molecule has 0 aliphatic heterocycles. The third-order valence-corrected chi connectivity index (χ3v) is 2.91. The van der Waals surface area contributed by atoms with E-state index in [9.17, 15) is 4.79 Å². The number of benzene rings is 1. The normalized spacial score (nSPS) is 22.9. The summed E-state index contributed by atoms with van der Waals surface area (Å²) in [6.07, 6.45) is 0.798. The monoisotopic (exact) mass is 220 g/mol. The number of carbonyl (C=O) groups is 1. The van der Waals surface area contributed by atoms with Crippen molar-refractivity contribution in [1.29, 1.82) is 0 Å². The quantitative estimate of drug-likeness (QED) is 0.773. The average Bonchev–Trinajstić information content (AvgIpc) is 2.57. The Kier molecular flexibility index (Phi) is 3.22. The van der Waals surface area contributed by atoms with Gasteiger partial charge in [-0.15, -0.1) is 0 Å². The standard InChI is InChI=1S/C12H16N2O2/c1-16-7-11(15)14-10-6-8-4-2-3-5-9(8)12(10)13/h2-5,10,12H,6-7,13H2,1H3,(H,14,15)/t10-,12+/m0/s1. The van der Waals surface area contributed by atoms with Gasteiger partial charge in [0.05, 0.1) is 12.1 Å². The Morgan fingerprint density at radius 2 is 2.31 bits per heavy atom. The molecule has 0 saturated carbocycles. The van der Waals surface area contributed by atoms with E-state index in [4.69, 9.17) is 10.5 Å². The first-order chi connectivity index (χ1) is 7.72. The maximum absolute atomic E-state index is 11.4. The summed E-state index contributed by atoms with van der Waals surface area (Å²) in [5.74, 6) is -0.115. The summed E-state index contributed by atoms with van der Waals surface area (Å²) in [5, 5.41) is 2.89. The second kappa shape index (κ2) is 4.63. The summed E-state index contributed by atoms with van der Waals surface area (Å²) in [4.78, 5) is 11.4. The molecule has 4 heteroatoms. The van der Waals surface area contributed by atoms with Crippen molar-refractivity contribution in [3.8, 4) is 0 Å². The Balaban J connectivity index is 2.04. The van der Waals surface area contributed by atoms with E-state index in [0.29, 0.717) is 0 Å². The molecule has 3 N–H and O–H groups in total. The predicted octanol–water partition coefficient (Wildman–Crippen LogP) is 0.374. The molecular weight excluding hydrogens is 204 g/mol. The number of hydrogen-bond donors (Lipinski definition) is 2. The summed E-state index contributed by atoms with van der Waals surface area (Å²) in [6, 6.07) is 7.90. The van der Waals surface area contributed by atoms with Gasteiger partial charge < -0.3 is 15.8 Å². The van der Waals surface area contributed by atoms with Crippen molar-refractivity contribution in [2.24, 2.45) is 5.73 Å². The predicted molar refractivity (Wildman–Crippen MR) is 60.9 cm³/mol. The molecule has 0 heterocycles. The van der Waals surface area contributed by atoms with Gasteiger partial charge in [-0.05, 0) is 17.5 Å². The lowest BCUT2D eigenvalue weighted by Gasteiger charge is -2.17. The van der Waals surface area contributed by atoms with Gasteiger partial charge in [-0.2, -0.15) is 0 Å². The number of carbonyl (C=O) groups excluding carboxylic acids is 1. The Hall–Kier alpha value is -1.39. The zero-order valence-corrected chi connectivity index (χ0v) is 9.27. The zero-order valence-electron chi connectivity index (χ0n) is 9.27. The summed E-state index contributed by atoms with van der Waals surface area (Å²) in [7, 11) is 1.50. The van der Waals surface area contributed by atoms with Gasteiger partial charge >= 0.3 is 0 Å². The number of nitrogens with one attached hydrogen (secondary N) is 1. The number of hydrogen-bond acceptors (Lipinski definition) is 3. The van der Waals surface area contributed by atoms with E-state index >= 15 is 0 Å². The van der Waals surface area contributed by atoms with Gasteiger partial charge in [0, 0.05) is 7.11 Å². The molecule has 1 aliphatic carbocycles. The lowest BCUT2D eigenvalue weighted by Crippen LogP contribution is -2.42. The van der Waals surface area contributed by atoms with Crippen LogP contribution in [-0.2, 0) is 16.0 Å². The fraction of sp³-hybridized carbons (Fsp3) is 0.417. The first-order valence-corrected chi connectivity index (χ1v) is 5.34. The number of nitrogens with two attached hydrogens (primary N) is 1. The largest absolute Gasteiger partial charge is 0.375 e. The molecule has 4 nitrogen and oxygen atoms in total. The highest BCUT2D eigenvalue weighted by molar-refractivity contribution is 5.77. The highest BCUT2D eigenvalue weighted by Gasteiger charge is 2.30. The number of rotatable bonds is 3. The fourth-order valence-electron chi connectivity index (χ4n) is 2.15. The van der Waals surface area contributed by atoms with Crippen molar-refractivity contribution in [1.82, 2.24) is 5.32 Å². The van der Waals surface area contributed by atoms with Gasteiger partial charge in [-0.3, -0.25) is 4.79 Å². The molecule has 2 atom stereocenters. The Morgan fingerprint density at radius 3 is 3.00 bits per heavy atom. The maximum Gasteiger partial charge on any atom is 0.246 e. The second-order valence-corrected chi connectivity index (χ2v) is 4.04. The van der Waals surface area contributed by atoms with E-state index in [2.05, 4.69) is 11.4 Å². The molecule has 16 heavy (non-hydrogen) atoms. The third kappa shape index (κ3) is 2.08. The molecular formula is C12H16N2O2. The first kappa shape index (κ1) is 11.1. The van der Waals surface area contributed by atoms with Gasteiger partial charge in [0.1, 0.15) is 6.61 Å². The molecule has 1 aliphatic rings. The van der Waals surface area contributed by atoms with Crippen molar-refractivity contribution in [2.45, 2.75) is 18.5 Å². The number of amides is 1. The van der Waals surface area contributed by atoms with Crippen molar-refractivity contribution >= 4 is 5.91 Å². The minimum absolute atomic E-state index is 0.0138. The molecule has 2 rings (SSSR count). The van der Waals surface area contributed by atoms with Gasteiger partial charge in [0.25, 0.3) is 0 Å². The third-order valence-electron chi connectivity index (χ3n) is 2.91. The van der Waals surface area contributed by atoms with Gasteiger partial charge in [-0.25, -0.2) is 0 Å². The fourth-order valence-corrected chi connectivity index (χ4v) is 2.15. The Labute approximate surface area is 94.8 Å². The van der Waals surface area contributed by atoms with Crippen LogP contribution in [0.2, 0.25) is 0 Å². The molecule has 1 aromatic carbocycles. The van der Waals surface area contributed by atoms with Crippen LogP contribution in [0.25, 0.3) is 0 Å². The van der Waals surface area contributed by atoms with Crippen LogP contribution in [0.15, 0.2) is 24.3 Å². The SMILES string of the molecule is COCC(=O)N[C@H]1Cc2ccccc2[C@H]1N. The summed E-state index contributed by atoms with van der Waals surface area (Å²) in [5.41, 5.74) is 8.43. The zero-order chi connectivity index (χ0) is 11.5. The summed E-state index contributed by atoms with van der Waals surface area (Å²) >= 11 is 0. The van der Waals surface area contributed by atoms with Crippen LogP contribution in [0.4, 0.5) is 0 Å². The molecule has 0 fully saturated rings. The average molecular weight is 220 g/mol.